The Balaban J connectivity index is 1.67. The Labute approximate surface area is 173 Å². The zero-order valence-electron chi connectivity index (χ0n) is 16.3. The first-order valence-electron chi connectivity index (χ1n) is 9.36. The van der Waals surface area contributed by atoms with Crippen LogP contribution in [0, 0.1) is 6.92 Å². The second-order valence-electron chi connectivity index (χ2n) is 6.69. The molecule has 0 spiro atoms. The first-order chi connectivity index (χ1) is 14.2. The number of nitrogens with zero attached hydrogens (tertiary/aromatic N) is 3. The van der Waals surface area contributed by atoms with Gasteiger partial charge in [-0.15, -0.1) is 0 Å². The van der Waals surface area contributed by atoms with Crippen LogP contribution in [-0.4, -0.2) is 27.4 Å². The highest BCUT2D eigenvalue weighted by Gasteiger charge is 2.14. The summed E-state index contributed by atoms with van der Waals surface area (Å²) in [6.07, 6.45) is 2.63. The summed E-state index contributed by atoms with van der Waals surface area (Å²) in [6, 6.07) is 19.3. The Morgan fingerprint density at radius 3 is 2.55 bits per heavy atom. The molecule has 6 heteroatoms. The van der Waals surface area contributed by atoms with Crippen molar-refractivity contribution in [3.05, 3.63) is 88.3 Å². The zero-order valence-corrected chi connectivity index (χ0v) is 17.1. The van der Waals surface area contributed by atoms with E-state index >= 15 is 0 Å². The fourth-order valence-corrected chi connectivity index (χ4v) is 4.04. The van der Waals surface area contributed by atoms with Gasteiger partial charge in [-0.3, -0.25) is 4.79 Å². The quantitative estimate of drug-likeness (QED) is 0.352. The number of aryl methyl sites for hydroxylation is 2. The Kier molecular flexibility index (Phi) is 5.62. The van der Waals surface area contributed by atoms with E-state index in [4.69, 9.17) is 9.72 Å². The molecule has 0 amide bonds. The molecule has 0 unspecified atom stereocenters. The average Bonchev–Trinajstić information content (AvgIpc) is 2.75. The second kappa shape index (κ2) is 8.49. The van der Waals surface area contributed by atoms with Gasteiger partial charge in [-0.25, -0.2) is 14.5 Å². The van der Waals surface area contributed by atoms with E-state index in [9.17, 15) is 4.79 Å². The summed E-state index contributed by atoms with van der Waals surface area (Å²) in [4.78, 5) is 22.4. The Bertz CT molecular complexity index is 1190. The van der Waals surface area contributed by atoms with E-state index in [-0.39, 0.29) is 5.56 Å². The summed E-state index contributed by atoms with van der Waals surface area (Å²) in [5.41, 5.74) is 2.86. The number of rotatable bonds is 6. The van der Waals surface area contributed by atoms with Gasteiger partial charge in [0, 0.05) is 11.9 Å². The maximum absolute atomic E-state index is 13.2. The Morgan fingerprint density at radius 2 is 1.83 bits per heavy atom. The SMILES string of the molecule is COc1ccc(CCSc2nc3ccccc3c(=O)n2-c2ccc(C)cn2)cc1. The number of thioether (sulfide) groups is 1. The van der Waals surface area contributed by atoms with Crippen molar-refractivity contribution in [3.63, 3.8) is 0 Å². The molecule has 2 aromatic carbocycles. The summed E-state index contributed by atoms with van der Waals surface area (Å²) < 4.78 is 6.82. The number of fused-ring (bicyclic) bond motifs is 1. The van der Waals surface area contributed by atoms with Crippen molar-refractivity contribution in [2.45, 2.75) is 18.5 Å². The lowest BCUT2D eigenvalue weighted by atomic mass is 10.2. The third-order valence-electron chi connectivity index (χ3n) is 4.65. The van der Waals surface area contributed by atoms with Crippen LogP contribution in [0.1, 0.15) is 11.1 Å². The van der Waals surface area contributed by atoms with E-state index in [0.717, 1.165) is 23.5 Å². The average molecular weight is 404 g/mol. The van der Waals surface area contributed by atoms with Crippen LogP contribution in [0.2, 0.25) is 0 Å². The first kappa shape index (κ1) is 19.2. The molecule has 4 aromatic rings. The number of aromatic nitrogens is 3. The maximum atomic E-state index is 13.2. The number of methoxy groups -OCH3 is 1. The minimum absolute atomic E-state index is 0.0982. The van der Waals surface area contributed by atoms with Gasteiger partial charge < -0.3 is 4.74 Å². The molecule has 29 heavy (non-hydrogen) atoms. The van der Waals surface area contributed by atoms with Crippen molar-refractivity contribution in [1.82, 2.24) is 14.5 Å². The molecule has 0 N–H and O–H groups in total. The van der Waals surface area contributed by atoms with Gasteiger partial charge in [-0.2, -0.15) is 0 Å². The fourth-order valence-electron chi connectivity index (χ4n) is 3.06. The molecule has 0 fully saturated rings. The topological polar surface area (TPSA) is 57.0 Å². The molecular formula is C23H21N3O2S. The van der Waals surface area contributed by atoms with E-state index < -0.39 is 0 Å². The molecule has 146 valence electrons. The number of hydrogen-bond acceptors (Lipinski definition) is 5. The van der Waals surface area contributed by atoms with E-state index in [2.05, 4.69) is 17.1 Å². The monoisotopic (exact) mass is 403 g/mol. The van der Waals surface area contributed by atoms with Gasteiger partial charge in [0.2, 0.25) is 0 Å². The van der Waals surface area contributed by atoms with Gasteiger partial charge in [0.25, 0.3) is 5.56 Å². The second-order valence-corrected chi connectivity index (χ2v) is 7.75. The van der Waals surface area contributed by atoms with Gasteiger partial charge in [-0.1, -0.05) is 42.1 Å². The van der Waals surface area contributed by atoms with Gasteiger partial charge in [-0.05, 0) is 54.8 Å². The van der Waals surface area contributed by atoms with Crippen LogP contribution >= 0.6 is 11.8 Å². The van der Waals surface area contributed by atoms with Gasteiger partial charge in [0.05, 0.1) is 18.0 Å². The lowest BCUT2D eigenvalue weighted by Crippen LogP contribution is -2.22. The number of para-hydroxylation sites is 1. The Morgan fingerprint density at radius 1 is 1.03 bits per heavy atom. The summed E-state index contributed by atoms with van der Waals surface area (Å²) in [7, 11) is 1.66. The molecule has 5 nitrogen and oxygen atoms in total. The molecule has 0 saturated heterocycles. The molecule has 0 bridgehead atoms. The molecular weight excluding hydrogens is 382 g/mol. The largest absolute Gasteiger partial charge is 0.497 e. The summed E-state index contributed by atoms with van der Waals surface area (Å²) in [5, 5.41) is 1.24. The third-order valence-corrected chi connectivity index (χ3v) is 5.59. The minimum Gasteiger partial charge on any atom is -0.497 e. The van der Waals surface area contributed by atoms with Crippen LogP contribution in [0.25, 0.3) is 16.7 Å². The number of pyridine rings is 1. The fraction of sp³-hybridized carbons (Fsp3) is 0.174. The normalized spacial score (nSPS) is 11.0. The predicted octanol–water partition coefficient (Wildman–Crippen LogP) is 4.43. The van der Waals surface area contributed by atoms with Crippen LogP contribution in [-0.2, 0) is 6.42 Å². The third kappa shape index (κ3) is 4.17. The number of hydrogen-bond donors (Lipinski definition) is 0. The molecule has 0 radical (unpaired) electrons. The van der Waals surface area contributed by atoms with Crippen LogP contribution in [0.5, 0.6) is 5.75 Å². The standard InChI is InChI=1S/C23H21N3O2S/c1-16-7-12-21(24-15-16)26-22(27)19-5-3-4-6-20(19)25-23(26)29-14-13-17-8-10-18(28-2)11-9-17/h3-12,15H,13-14H2,1-2H3. The van der Waals surface area contributed by atoms with E-state index in [0.29, 0.717) is 21.9 Å². The predicted molar refractivity (Wildman–Crippen MR) is 117 cm³/mol. The van der Waals surface area contributed by atoms with Crippen molar-refractivity contribution >= 4 is 22.7 Å². The maximum Gasteiger partial charge on any atom is 0.267 e. The van der Waals surface area contributed by atoms with Crippen LogP contribution < -0.4 is 10.3 Å². The molecule has 2 aromatic heterocycles. The molecule has 0 atom stereocenters. The van der Waals surface area contributed by atoms with E-state index in [1.165, 1.54) is 5.56 Å². The first-order valence-corrected chi connectivity index (χ1v) is 10.3. The Hall–Kier alpha value is -3.12. The van der Waals surface area contributed by atoms with Crippen LogP contribution in [0.4, 0.5) is 0 Å². The van der Waals surface area contributed by atoms with Gasteiger partial charge in [0.1, 0.15) is 11.6 Å². The van der Waals surface area contributed by atoms with E-state index in [1.807, 2.05) is 49.4 Å². The van der Waals surface area contributed by atoms with Crippen LogP contribution in [0.15, 0.2) is 76.8 Å². The van der Waals surface area contributed by atoms with Crippen molar-refractivity contribution in [2.75, 3.05) is 12.9 Å². The minimum atomic E-state index is -0.0982. The molecule has 4 rings (SSSR count). The lowest BCUT2D eigenvalue weighted by Gasteiger charge is -2.12. The highest BCUT2D eigenvalue weighted by atomic mass is 32.2. The van der Waals surface area contributed by atoms with E-state index in [1.54, 1.807) is 35.7 Å². The van der Waals surface area contributed by atoms with Crippen molar-refractivity contribution < 1.29 is 4.74 Å². The number of benzene rings is 2. The molecule has 0 aliphatic carbocycles. The summed E-state index contributed by atoms with van der Waals surface area (Å²) in [6.45, 7) is 1.97. The van der Waals surface area contributed by atoms with Crippen molar-refractivity contribution in [2.24, 2.45) is 0 Å². The van der Waals surface area contributed by atoms with Gasteiger partial charge in [0.15, 0.2) is 5.16 Å². The summed E-state index contributed by atoms with van der Waals surface area (Å²) >= 11 is 1.56. The molecule has 0 aliphatic rings. The molecule has 0 saturated carbocycles. The van der Waals surface area contributed by atoms with Crippen molar-refractivity contribution in [3.8, 4) is 11.6 Å². The van der Waals surface area contributed by atoms with Crippen molar-refractivity contribution in [1.29, 1.82) is 0 Å². The van der Waals surface area contributed by atoms with Crippen LogP contribution in [0.3, 0.4) is 0 Å². The summed E-state index contributed by atoms with van der Waals surface area (Å²) in [5.74, 6) is 2.23. The smallest absolute Gasteiger partial charge is 0.267 e. The molecule has 0 aliphatic heterocycles. The zero-order chi connectivity index (χ0) is 20.2. The highest BCUT2D eigenvalue weighted by molar-refractivity contribution is 7.99. The number of ether oxygens (including phenoxy) is 1. The lowest BCUT2D eigenvalue weighted by molar-refractivity contribution is 0.414. The molecule has 2 heterocycles. The van der Waals surface area contributed by atoms with Gasteiger partial charge >= 0.3 is 0 Å². The highest BCUT2D eigenvalue weighted by Crippen LogP contribution is 2.22.